The van der Waals surface area contributed by atoms with Crippen LogP contribution in [-0.4, -0.2) is 14.9 Å². The quantitative estimate of drug-likeness (QED) is 0.671. The number of fused-ring (bicyclic) bond motifs is 1. The van der Waals surface area contributed by atoms with Gasteiger partial charge >= 0.3 is 0 Å². The van der Waals surface area contributed by atoms with E-state index in [1.54, 1.807) is 0 Å². The average molecular weight is 280 g/mol. The molecule has 2 aromatic heterocycles. The Labute approximate surface area is 124 Å². The van der Waals surface area contributed by atoms with E-state index in [0.29, 0.717) is 6.54 Å². The van der Waals surface area contributed by atoms with Crippen LogP contribution in [0.3, 0.4) is 0 Å². The summed E-state index contributed by atoms with van der Waals surface area (Å²) in [5.41, 5.74) is 5.30. The molecule has 3 nitrogen and oxygen atoms in total. The fourth-order valence-corrected chi connectivity index (χ4v) is 2.94. The van der Waals surface area contributed by atoms with Crippen molar-refractivity contribution < 1.29 is 4.79 Å². The molecule has 0 saturated heterocycles. The van der Waals surface area contributed by atoms with Crippen LogP contribution in [0.5, 0.6) is 0 Å². The maximum absolute atomic E-state index is 12.6. The van der Waals surface area contributed by atoms with Crippen LogP contribution in [0.2, 0.25) is 0 Å². The topological polar surface area (TPSA) is 26.9 Å². The Bertz CT molecular complexity index is 836. The number of para-hydroxylation sites is 1. The second-order valence-corrected chi connectivity index (χ2v) is 5.72. The van der Waals surface area contributed by atoms with E-state index >= 15 is 0 Å². The molecule has 0 aliphatic heterocycles. The van der Waals surface area contributed by atoms with Crippen molar-refractivity contribution in [3.05, 3.63) is 59.0 Å². The number of carbonyl (C=O) groups excluding carboxylic acids is 1. The fraction of sp³-hybridized carbons (Fsp3) is 0.278. The Balaban J connectivity index is 1.98. The lowest BCUT2D eigenvalue weighted by atomic mass is 10.1. The van der Waals surface area contributed by atoms with Crippen molar-refractivity contribution in [3.8, 4) is 0 Å². The summed E-state index contributed by atoms with van der Waals surface area (Å²) in [5, 5.41) is 1.21. The lowest BCUT2D eigenvalue weighted by molar-refractivity contribution is 0.0973. The van der Waals surface area contributed by atoms with Gasteiger partial charge in [-0.1, -0.05) is 18.2 Å². The molecular formula is C18H20N2O. The van der Waals surface area contributed by atoms with Gasteiger partial charge in [0.25, 0.3) is 0 Å². The summed E-state index contributed by atoms with van der Waals surface area (Å²) in [6, 6.07) is 10.2. The van der Waals surface area contributed by atoms with Crippen molar-refractivity contribution in [3.63, 3.8) is 0 Å². The van der Waals surface area contributed by atoms with Gasteiger partial charge < -0.3 is 9.13 Å². The number of hydrogen-bond acceptors (Lipinski definition) is 1. The van der Waals surface area contributed by atoms with Gasteiger partial charge in [-0.15, -0.1) is 0 Å². The largest absolute Gasteiger partial charge is 0.351 e. The molecule has 21 heavy (non-hydrogen) atoms. The molecule has 0 radical (unpaired) electrons. The van der Waals surface area contributed by atoms with Crippen molar-refractivity contribution in [1.82, 2.24) is 9.13 Å². The van der Waals surface area contributed by atoms with Crippen LogP contribution in [0.4, 0.5) is 0 Å². The molecule has 0 N–H and O–H groups in total. The molecule has 0 spiro atoms. The monoisotopic (exact) mass is 280 g/mol. The summed E-state index contributed by atoms with van der Waals surface area (Å²) < 4.78 is 4.11. The zero-order chi connectivity index (χ0) is 15.1. The number of benzene rings is 1. The highest BCUT2D eigenvalue weighted by atomic mass is 16.1. The maximum atomic E-state index is 12.6. The van der Waals surface area contributed by atoms with Gasteiger partial charge in [-0.05, 0) is 38.5 Å². The van der Waals surface area contributed by atoms with E-state index in [4.69, 9.17) is 0 Å². The van der Waals surface area contributed by atoms with E-state index in [2.05, 4.69) is 34.4 Å². The first-order valence-electron chi connectivity index (χ1n) is 7.19. The highest BCUT2D eigenvalue weighted by Crippen LogP contribution is 2.22. The summed E-state index contributed by atoms with van der Waals surface area (Å²) in [4.78, 5) is 12.6. The number of Topliss-reactive ketones (excluding diaryl/α,β-unsaturated/α-hetero) is 1. The summed E-state index contributed by atoms with van der Waals surface area (Å²) in [7, 11) is 2.00. The predicted octanol–water partition coefficient (Wildman–Crippen LogP) is 3.79. The number of aryl methyl sites for hydroxylation is 2. The zero-order valence-corrected chi connectivity index (χ0v) is 13.0. The standard InChI is InChI=1S/C18H20N2O/c1-12-10-20(17-8-6-5-7-15(12)17)11-18(21)16-9-13(2)19(4)14(16)3/h5-10H,11H2,1-4H3. The molecule has 0 amide bonds. The van der Waals surface area contributed by atoms with Gasteiger partial charge in [-0.3, -0.25) is 4.79 Å². The first-order chi connectivity index (χ1) is 9.99. The molecule has 0 saturated carbocycles. The third-order valence-corrected chi connectivity index (χ3v) is 4.38. The molecule has 0 unspecified atom stereocenters. The molecule has 0 bridgehead atoms. The smallest absolute Gasteiger partial charge is 0.184 e. The van der Waals surface area contributed by atoms with Gasteiger partial charge in [0, 0.05) is 41.1 Å². The van der Waals surface area contributed by atoms with Gasteiger partial charge in [0.15, 0.2) is 5.78 Å². The third-order valence-electron chi connectivity index (χ3n) is 4.38. The lowest BCUT2D eigenvalue weighted by Crippen LogP contribution is -2.10. The fourth-order valence-electron chi connectivity index (χ4n) is 2.94. The SMILES string of the molecule is Cc1cn(CC(=O)c2cc(C)n(C)c2C)c2ccccc12. The molecule has 0 fully saturated rings. The summed E-state index contributed by atoms with van der Waals surface area (Å²) in [6.45, 7) is 6.50. The van der Waals surface area contributed by atoms with Gasteiger partial charge in [-0.2, -0.15) is 0 Å². The van der Waals surface area contributed by atoms with Crippen molar-refractivity contribution in [2.24, 2.45) is 7.05 Å². The van der Waals surface area contributed by atoms with Gasteiger partial charge in [0.2, 0.25) is 0 Å². The van der Waals surface area contributed by atoms with E-state index in [-0.39, 0.29) is 5.78 Å². The number of aromatic nitrogens is 2. The minimum atomic E-state index is 0.164. The summed E-state index contributed by atoms with van der Waals surface area (Å²) >= 11 is 0. The van der Waals surface area contributed by atoms with E-state index < -0.39 is 0 Å². The zero-order valence-electron chi connectivity index (χ0n) is 13.0. The van der Waals surface area contributed by atoms with Crippen LogP contribution in [-0.2, 0) is 13.6 Å². The highest BCUT2D eigenvalue weighted by Gasteiger charge is 2.15. The lowest BCUT2D eigenvalue weighted by Gasteiger charge is -2.05. The van der Waals surface area contributed by atoms with E-state index in [0.717, 1.165) is 22.5 Å². The molecule has 108 valence electrons. The van der Waals surface area contributed by atoms with Crippen LogP contribution in [0.1, 0.15) is 27.3 Å². The van der Waals surface area contributed by atoms with Crippen LogP contribution in [0.25, 0.3) is 10.9 Å². The van der Waals surface area contributed by atoms with Crippen LogP contribution < -0.4 is 0 Å². The van der Waals surface area contributed by atoms with E-state index in [9.17, 15) is 4.79 Å². The van der Waals surface area contributed by atoms with Crippen LogP contribution in [0, 0.1) is 20.8 Å². The first-order valence-corrected chi connectivity index (χ1v) is 7.19. The molecule has 3 heteroatoms. The molecule has 0 aliphatic carbocycles. The first kappa shape index (κ1) is 13.7. The Hall–Kier alpha value is -2.29. The van der Waals surface area contributed by atoms with Crippen LogP contribution >= 0.6 is 0 Å². The molecule has 3 rings (SSSR count). The second-order valence-electron chi connectivity index (χ2n) is 5.72. The second kappa shape index (κ2) is 4.92. The van der Waals surface area contributed by atoms with E-state index in [1.807, 2.05) is 39.1 Å². The Morgan fingerprint density at radius 2 is 1.86 bits per heavy atom. The molecule has 3 aromatic rings. The predicted molar refractivity (Wildman–Crippen MR) is 85.9 cm³/mol. The van der Waals surface area contributed by atoms with Crippen molar-refractivity contribution in [1.29, 1.82) is 0 Å². The molecular weight excluding hydrogens is 260 g/mol. The summed E-state index contributed by atoms with van der Waals surface area (Å²) in [6.07, 6.45) is 2.06. The minimum Gasteiger partial charge on any atom is -0.351 e. The Kier molecular flexibility index (Phi) is 3.20. The number of nitrogens with zero attached hydrogens (tertiary/aromatic N) is 2. The third kappa shape index (κ3) is 2.19. The molecule has 0 aliphatic rings. The average Bonchev–Trinajstić information content (AvgIpc) is 2.92. The molecule has 0 atom stereocenters. The number of rotatable bonds is 3. The minimum absolute atomic E-state index is 0.164. The Morgan fingerprint density at radius 1 is 1.14 bits per heavy atom. The normalized spacial score (nSPS) is 11.2. The van der Waals surface area contributed by atoms with Crippen molar-refractivity contribution in [2.75, 3.05) is 0 Å². The Morgan fingerprint density at radius 3 is 2.52 bits per heavy atom. The van der Waals surface area contributed by atoms with Crippen LogP contribution in [0.15, 0.2) is 36.5 Å². The number of hydrogen-bond donors (Lipinski definition) is 0. The highest BCUT2D eigenvalue weighted by molar-refractivity contribution is 5.98. The van der Waals surface area contributed by atoms with Gasteiger partial charge in [-0.25, -0.2) is 0 Å². The van der Waals surface area contributed by atoms with E-state index in [1.165, 1.54) is 10.9 Å². The number of carbonyl (C=O) groups is 1. The summed E-state index contributed by atoms with van der Waals surface area (Å²) in [5.74, 6) is 0.164. The maximum Gasteiger partial charge on any atom is 0.184 e. The number of ketones is 1. The van der Waals surface area contributed by atoms with Gasteiger partial charge in [0.1, 0.15) is 0 Å². The van der Waals surface area contributed by atoms with Crippen molar-refractivity contribution in [2.45, 2.75) is 27.3 Å². The molecule has 2 heterocycles. The van der Waals surface area contributed by atoms with Crippen molar-refractivity contribution >= 4 is 16.7 Å². The molecule has 1 aromatic carbocycles. The van der Waals surface area contributed by atoms with Gasteiger partial charge in [0.05, 0.1) is 6.54 Å².